The first kappa shape index (κ1) is 25.9. The van der Waals surface area contributed by atoms with Gasteiger partial charge in [0, 0.05) is 41.4 Å². The van der Waals surface area contributed by atoms with Crippen molar-refractivity contribution in [1.82, 2.24) is 35.3 Å². The molecule has 1 aliphatic rings. The fourth-order valence-electron chi connectivity index (χ4n) is 4.33. The third-order valence-corrected chi connectivity index (χ3v) is 6.49. The van der Waals surface area contributed by atoms with Crippen LogP contribution in [-0.4, -0.2) is 48.6 Å². The Morgan fingerprint density at radius 3 is 2.76 bits per heavy atom. The highest BCUT2D eigenvalue weighted by molar-refractivity contribution is 5.79. The lowest BCUT2D eigenvalue weighted by atomic mass is 10.0. The Morgan fingerprint density at radius 1 is 1.27 bits per heavy atom. The number of carbonyl (C=O) groups is 1. The molecule has 1 amide bonds. The van der Waals surface area contributed by atoms with E-state index in [1.165, 1.54) is 10.9 Å². The molecule has 194 valence electrons. The quantitative estimate of drug-likeness (QED) is 0.292. The summed E-state index contributed by atoms with van der Waals surface area (Å²) in [6.45, 7) is 11.2. The zero-order valence-electron chi connectivity index (χ0n) is 21.5. The number of aliphatic imine (C=N–C) groups is 1. The molecule has 3 N–H and O–H groups in total. The Bertz CT molecular complexity index is 1340. The van der Waals surface area contributed by atoms with Crippen molar-refractivity contribution in [2.24, 2.45) is 10.9 Å². The molecule has 0 radical (unpaired) electrons. The van der Waals surface area contributed by atoms with E-state index in [9.17, 15) is 9.18 Å². The SMILES string of the molecule is C=N/C(=C\C=C(/C)[C@H](C)NC(=O)[C@@H]1CC[C@@H](c2nc(C)cc(Nc3cc(C)[nH]n3)n2)C1)n1cc(F)cn1. The van der Waals surface area contributed by atoms with E-state index in [1.54, 1.807) is 6.08 Å². The van der Waals surface area contributed by atoms with E-state index in [2.05, 4.69) is 42.6 Å². The number of allylic oxidation sites excluding steroid dienone is 2. The van der Waals surface area contributed by atoms with Gasteiger partial charge in [-0.05, 0) is 59.8 Å². The zero-order chi connectivity index (χ0) is 26.5. The minimum Gasteiger partial charge on any atom is -0.350 e. The summed E-state index contributed by atoms with van der Waals surface area (Å²) in [6, 6.07) is 3.60. The minimum atomic E-state index is -0.456. The number of anilines is 2. The maximum Gasteiger partial charge on any atom is 0.223 e. The van der Waals surface area contributed by atoms with Crippen LogP contribution in [0.15, 0.2) is 47.2 Å². The van der Waals surface area contributed by atoms with Crippen molar-refractivity contribution in [3.63, 3.8) is 0 Å². The van der Waals surface area contributed by atoms with Crippen molar-refractivity contribution in [3.8, 4) is 0 Å². The third-order valence-electron chi connectivity index (χ3n) is 6.49. The molecule has 0 unspecified atom stereocenters. The van der Waals surface area contributed by atoms with Crippen LogP contribution in [0.3, 0.4) is 0 Å². The van der Waals surface area contributed by atoms with Gasteiger partial charge in [-0.1, -0.05) is 11.6 Å². The highest BCUT2D eigenvalue weighted by atomic mass is 19.1. The summed E-state index contributed by atoms with van der Waals surface area (Å²) in [5.74, 6) is 2.09. The van der Waals surface area contributed by atoms with Gasteiger partial charge >= 0.3 is 0 Å². The predicted octanol–water partition coefficient (Wildman–Crippen LogP) is 4.43. The fraction of sp³-hybridized carbons (Fsp3) is 0.385. The van der Waals surface area contributed by atoms with Gasteiger partial charge in [0.1, 0.15) is 11.6 Å². The number of aromatic nitrogens is 6. The van der Waals surface area contributed by atoms with E-state index in [4.69, 9.17) is 4.98 Å². The van der Waals surface area contributed by atoms with Crippen LogP contribution in [0.5, 0.6) is 0 Å². The minimum absolute atomic E-state index is 0.0148. The number of carbonyl (C=O) groups excluding carboxylic acids is 1. The molecule has 11 heteroatoms. The molecule has 1 fully saturated rings. The average molecular weight is 506 g/mol. The Morgan fingerprint density at radius 2 is 2.08 bits per heavy atom. The molecule has 10 nitrogen and oxygen atoms in total. The van der Waals surface area contributed by atoms with Gasteiger partial charge in [-0.2, -0.15) is 10.2 Å². The van der Waals surface area contributed by atoms with Crippen molar-refractivity contribution in [2.45, 2.75) is 58.9 Å². The molecular formula is C26H32FN9O. The van der Waals surface area contributed by atoms with E-state index in [1.807, 2.05) is 45.9 Å². The number of amides is 1. The lowest BCUT2D eigenvalue weighted by molar-refractivity contribution is -0.125. The molecule has 3 heterocycles. The van der Waals surface area contributed by atoms with Crippen LogP contribution < -0.4 is 10.6 Å². The largest absolute Gasteiger partial charge is 0.350 e. The van der Waals surface area contributed by atoms with Crippen molar-refractivity contribution in [2.75, 3.05) is 5.32 Å². The number of nitrogens with zero attached hydrogens (tertiary/aromatic N) is 6. The standard InChI is InChI=1S/C26H32FN9O/c1-15(6-9-24(28-5)36-14-21(27)13-29-36)18(4)31-26(37)20-8-7-19(12-20)25-30-16(2)10-22(33-25)32-23-11-17(3)34-35-23/h6,9-11,13-14,18-20H,5,7-8,12H2,1-4H3,(H,31,37)(H2,30,32,33,34,35)/b15-6+,24-9+/t18-,19+,20+/m0/s1. The van der Waals surface area contributed by atoms with Crippen LogP contribution in [0.1, 0.15) is 56.2 Å². The normalized spacial score (nSPS) is 19.1. The smallest absolute Gasteiger partial charge is 0.223 e. The van der Waals surface area contributed by atoms with Crippen LogP contribution in [0, 0.1) is 25.6 Å². The summed E-state index contributed by atoms with van der Waals surface area (Å²) >= 11 is 0. The van der Waals surface area contributed by atoms with Gasteiger partial charge in [0.05, 0.1) is 12.4 Å². The van der Waals surface area contributed by atoms with Gasteiger partial charge in [0.15, 0.2) is 17.5 Å². The van der Waals surface area contributed by atoms with Gasteiger partial charge in [-0.25, -0.2) is 24.0 Å². The first-order chi connectivity index (χ1) is 17.7. The van der Waals surface area contributed by atoms with Gasteiger partial charge in [-0.15, -0.1) is 0 Å². The zero-order valence-corrected chi connectivity index (χ0v) is 21.5. The van der Waals surface area contributed by atoms with Crippen molar-refractivity contribution >= 4 is 30.1 Å². The lowest BCUT2D eigenvalue weighted by Crippen LogP contribution is -2.37. The second-order valence-electron chi connectivity index (χ2n) is 9.45. The Balaban J connectivity index is 1.36. The second kappa shape index (κ2) is 11.3. The van der Waals surface area contributed by atoms with Gasteiger partial charge in [-0.3, -0.25) is 9.89 Å². The molecule has 0 bridgehead atoms. The summed E-state index contributed by atoms with van der Waals surface area (Å²) in [6.07, 6.45) is 8.16. The maximum atomic E-state index is 13.3. The van der Waals surface area contributed by atoms with E-state index in [-0.39, 0.29) is 23.8 Å². The number of H-pyrrole nitrogens is 1. The monoisotopic (exact) mass is 505 g/mol. The molecule has 0 saturated heterocycles. The first-order valence-corrected chi connectivity index (χ1v) is 12.2. The van der Waals surface area contributed by atoms with E-state index in [0.29, 0.717) is 23.9 Å². The van der Waals surface area contributed by atoms with Crippen molar-refractivity contribution < 1.29 is 9.18 Å². The van der Waals surface area contributed by atoms with Crippen LogP contribution in [0.25, 0.3) is 5.82 Å². The number of nitrogens with one attached hydrogen (secondary N) is 3. The third kappa shape index (κ3) is 6.54. The summed E-state index contributed by atoms with van der Waals surface area (Å²) in [4.78, 5) is 26.3. The van der Waals surface area contributed by atoms with Gasteiger partial charge < -0.3 is 10.6 Å². The molecule has 37 heavy (non-hydrogen) atoms. The van der Waals surface area contributed by atoms with Crippen LogP contribution in [0.2, 0.25) is 0 Å². The summed E-state index contributed by atoms with van der Waals surface area (Å²) in [7, 11) is 0. The topological polar surface area (TPSA) is 126 Å². The molecule has 3 atom stereocenters. The number of aryl methyl sites for hydroxylation is 2. The number of hydrogen-bond acceptors (Lipinski definition) is 7. The van der Waals surface area contributed by atoms with Gasteiger partial charge in [0.25, 0.3) is 0 Å². The summed E-state index contributed by atoms with van der Waals surface area (Å²) in [5, 5.41) is 17.3. The fourth-order valence-corrected chi connectivity index (χ4v) is 4.33. The predicted molar refractivity (Wildman–Crippen MR) is 141 cm³/mol. The average Bonchev–Trinajstić information content (AvgIpc) is 3.60. The molecule has 1 aliphatic carbocycles. The number of rotatable bonds is 9. The highest BCUT2D eigenvalue weighted by Gasteiger charge is 2.33. The molecule has 0 aromatic carbocycles. The molecular weight excluding hydrogens is 473 g/mol. The molecule has 4 rings (SSSR count). The maximum absolute atomic E-state index is 13.3. The van der Waals surface area contributed by atoms with E-state index >= 15 is 0 Å². The van der Waals surface area contributed by atoms with Crippen LogP contribution in [-0.2, 0) is 4.79 Å². The van der Waals surface area contributed by atoms with Crippen molar-refractivity contribution in [1.29, 1.82) is 0 Å². The summed E-state index contributed by atoms with van der Waals surface area (Å²) < 4.78 is 14.6. The molecule has 0 aliphatic heterocycles. The lowest BCUT2D eigenvalue weighted by Gasteiger charge is -2.18. The highest BCUT2D eigenvalue weighted by Crippen LogP contribution is 2.37. The number of halogens is 1. The number of hydrogen-bond donors (Lipinski definition) is 3. The molecule has 0 spiro atoms. The first-order valence-electron chi connectivity index (χ1n) is 12.2. The van der Waals surface area contributed by atoms with E-state index in [0.717, 1.165) is 41.8 Å². The van der Waals surface area contributed by atoms with Crippen LogP contribution in [0.4, 0.5) is 16.0 Å². The van der Waals surface area contributed by atoms with Crippen LogP contribution >= 0.6 is 0 Å². The van der Waals surface area contributed by atoms with Gasteiger partial charge in [0.2, 0.25) is 5.91 Å². The van der Waals surface area contributed by atoms with Crippen molar-refractivity contribution in [3.05, 3.63) is 65.3 Å². The molecule has 1 saturated carbocycles. The van der Waals surface area contributed by atoms with E-state index < -0.39 is 5.82 Å². The second-order valence-corrected chi connectivity index (χ2v) is 9.45. The summed E-state index contributed by atoms with van der Waals surface area (Å²) in [5.41, 5.74) is 2.74. The number of aromatic amines is 1. The Hall–Kier alpha value is -4.15. The molecule has 3 aromatic rings. The Labute approximate surface area is 215 Å². The Kier molecular flexibility index (Phi) is 7.90. The molecule has 3 aromatic heterocycles.